The van der Waals surface area contributed by atoms with Crippen molar-refractivity contribution in [1.82, 2.24) is 4.90 Å². The molecular formula is C21H31NO2. The van der Waals surface area contributed by atoms with Crippen LogP contribution in [0.25, 0.3) is 0 Å². The smallest absolute Gasteiger partial charge is 0.226 e. The summed E-state index contributed by atoms with van der Waals surface area (Å²) in [7, 11) is 0. The highest BCUT2D eigenvalue weighted by Gasteiger charge is 2.33. The van der Waals surface area contributed by atoms with Gasteiger partial charge in [-0.15, -0.1) is 0 Å². The highest BCUT2D eigenvalue weighted by atomic mass is 16.3. The van der Waals surface area contributed by atoms with Gasteiger partial charge in [0.15, 0.2) is 0 Å². The molecule has 2 saturated carbocycles. The molecule has 24 heavy (non-hydrogen) atoms. The summed E-state index contributed by atoms with van der Waals surface area (Å²) < 4.78 is 0. The van der Waals surface area contributed by atoms with Crippen LogP contribution in [-0.2, 0) is 4.79 Å². The van der Waals surface area contributed by atoms with Crippen LogP contribution in [0.2, 0.25) is 0 Å². The molecule has 2 fully saturated rings. The number of aliphatic hydroxyl groups excluding tert-OH is 1. The van der Waals surface area contributed by atoms with E-state index >= 15 is 0 Å². The predicted molar refractivity (Wildman–Crippen MR) is 96.6 cm³/mol. The molecule has 2 aliphatic carbocycles. The number of hydrogen-bond donors (Lipinski definition) is 1. The number of hydrogen-bond acceptors (Lipinski definition) is 2. The average Bonchev–Trinajstić information content (AvgIpc) is 2.64. The summed E-state index contributed by atoms with van der Waals surface area (Å²) in [6.45, 7) is 0. The fourth-order valence-electron chi connectivity index (χ4n) is 4.49. The lowest BCUT2D eigenvalue weighted by atomic mass is 9.88. The summed E-state index contributed by atoms with van der Waals surface area (Å²) in [4.78, 5) is 15.3. The topological polar surface area (TPSA) is 40.5 Å². The molecule has 3 rings (SSSR count). The van der Waals surface area contributed by atoms with E-state index < -0.39 is 6.10 Å². The summed E-state index contributed by atoms with van der Waals surface area (Å²) in [5.41, 5.74) is 0.845. The van der Waals surface area contributed by atoms with Crippen molar-refractivity contribution in [2.75, 3.05) is 0 Å². The zero-order valence-electron chi connectivity index (χ0n) is 14.7. The Morgan fingerprint density at radius 3 is 1.92 bits per heavy atom. The summed E-state index contributed by atoms with van der Waals surface area (Å²) >= 11 is 0. The molecular weight excluding hydrogens is 298 g/mol. The lowest BCUT2D eigenvalue weighted by Gasteiger charge is -2.42. The molecule has 0 heterocycles. The van der Waals surface area contributed by atoms with Crippen LogP contribution in [0.3, 0.4) is 0 Å². The van der Waals surface area contributed by atoms with Gasteiger partial charge >= 0.3 is 0 Å². The Morgan fingerprint density at radius 1 is 0.917 bits per heavy atom. The molecule has 132 valence electrons. The summed E-state index contributed by atoms with van der Waals surface area (Å²) in [6, 6.07) is 10.4. The molecule has 3 nitrogen and oxygen atoms in total. The number of rotatable bonds is 5. The molecule has 0 saturated heterocycles. The van der Waals surface area contributed by atoms with Crippen LogP contribution in [0.4, 0.5) is 0 Å². The van der Waals surface area contributed by atoms with Gasteiger partial charge in [-0.3, -0.25) is 4.79 Å². The first kappa shape index (κ1) is 17.5. The van der Waals surface area contributed by atoms with Gasteiger partial charge in [0.2, 0.25) is 5.91 Å². The van der Waals surface area contributed by atoms with E-state index in [0.29, 0.717) is 12.1 Å². The largest absolute Gasteiger partial charge is 0.388 e. The minimum Gasteiger partial charge on any atom is -0.388 e. The molecule has 1 atom stereocenters. The molecule has 2 aliphatic rings. The molecule has 0 aromatic heterocycles. The van der Waals surface area contributed by atoms with Crippen LogP contribution < -0.4 is 0 Å². The van der Waals surface area contributed by atoms with Gasteiger partial charge in [-0.05, 0) is 31.2 Å². The van der Waals surface area contributed by atoms with E-state index in [4.69, 9.17) is 0 Å². The van der Waals surface area contributed by atoms with Crippen molar-refractivity contribution in [2.45, 2.75) is 88.8 Å². The number of carbonyl (C=O) groups excluding carboxylic acids is 1. The standard InChI is InChI=1S/C21H31NO2/c23-20(17-10-4-1-5-11-17)16-21(24)22(18-12-6-2-7-13-18)19-14-8-3-9-15-19/h1,4-5,10-11,18-20,23H,2-3,6-9,12-16H2/t20-/m0/s1. The van der Waals surface area contributed by atoms with Crippen molar-refractivity contribution < 1.29 is 9.90 Å². The van der Waals surface area contributed by atoms with Gasteiger partial charge in [-0.1, -0.05) is 68.9 Å². The second-order valence-corrected chi connectivity index (χ2v) is 7.52. The van der Waals surface area contributed by atoms with E-state index in [2.05, 4.69) is 4.90 Å². The fraction of sp³-hybridized carbons (Fsp3) is 0.667. The normalized spacial score (nSPS) is 21.4. The Balaban J connectivity index is 1.70. The lowest BCUT2D eigenvalue weighted by molar-refractivity contribution is -0.140. The number of carbonyl (C=O) groups is 1. The molecule has 1 aromatic carbocycles. The monoisotopic (exact) mass is 329 g/mol. The maximum atomic E-state index is 13.1. The number of nitrogens with zero attached hydrogens (tertiary/aromatic N) is 1. The SMILES string of the molecule is O=C(C[C@H](O)c1ccccc1)N(C1CCCCC1)C1CCCCC1. The zero-order chi connectivity index (χ0) is 16.8. The maximum absolute atomic E-state index is 13.1. The van der Waals surface area contributed by atoms with Crippen LogP contribution in [-0.4, -0.2) is 28.0 Å². The molecule has 0 aliphatic heterocycles. The van der Waals surface area contributed by atoms with Crippen molar-refractivity contribution in [1.29, 1.82) is 0 Å². The van der Waals surface area contributed by atoms with Gasteiger partial charge in [0.25, 0.3) is 0 Å². The van der Waals surface area contributed by atoms with Crippen LogP contribution in [0.1, 0.15) is 82.3 Å². The van der Waals surface area contributed by atoms with Crippen molar-refractivity contribution in [3.63, 3.8) is 0 Å². The van der Waals surface area contributed by atoms with Gasteiger partial charge in [0.1, 0.15) is 0 Å². The molecule has 0 spiro atoms. The van der Waals surface area contributed by atoms with Crippen molar-refractivity contribution in [3.8, 4) is 0 Å². The third kappa shape index (κ3) is 4.38. The van der Waals surface area contributed by atoms with E-state index in [1.165, 1.54) is 38.5 Å². The van der Waals surface area contributed by atoms with E-state index in [1.807, 2.05) is 30.3 Å². The van der Waals surface area contributed by atoms with Crippen LogP contribution in [0.15, 0.2) is 30.3 Å². The quantitative estimate of drug-likeness (QED) is 0.857. The van der Waals surface area contributed by atoms with E-state index in [-0.39, 0.29) is 12.3 Å². The van der Waals surface area contributed by atoms with Crippen molar-refractivity contribution >= 4 is 5.91 Å². The Labute approximate surface area is 146 Å². The van der Waals surface area contributed by atoms with Crippen LogP contribution in [0, 0.1) is 0 Å². The Hall–Kier alpha value is -1.35. The van der Waals surface area contributed by atoms with Gasteiger partial charge in [0.05, 0.1) is 12.5 Å². The molecule has 1 aromatic rings. The van der Waals surface area contributed by atoms with E-state index in [0.717, 1.165) is 31.2 Å². The first-order chi connectivity index (χ1) is 11.8. The summed E-state index contributed by atoms with van der Waals surface area (Å²) in [6.07, 6.45) is 11.7. The molecule has 0 bridgehead atoms. The summed E-state index contributed by atoms with van der Waals surface area (Å²) in [5.74, 6) is 0.158. The highest BCUT2D eigenvalue weighted by molar-refractivity contribution is 5.77. The molecule has 0 unspecified atom stereocenters. The molecule has 1 amide bonds. The van der Waals surface area contributed by atoms with Crippen molar-refractivity contribution in [3.05, 3.63) is 35.9 Å². The Kier molecular flexibility index (Phi) is 6.30. The van der Waals surface area contributed by atoms with Gasteiger partial charge in [-0.2, -0.15) is 0 Å². The van der Waals surface area contributed by atoms with Gasteiger partial charge in [-0.25, -0.2) is 0 Å². The van der Waals surface area contributed by atoms with Crippen LogP contribution >= 0.6 is 0 Å². The zero-order valence-corrected chi connectivity index (χ0v) is 14.7. The van der Waals surface area contributed by atoms with Crippen LogP contribution in [0.5, 0.6) is 0 Å². The lowest BCUT2D eigenvalue weighted by Crippen LogP contribution is -2.49. The molecule has 1 N–H and O–H groups in total. The molecule has 0 radical (unpaired) electrons. The summed E-state index contributed by atoms with van der Waals surface area (Å²) in [5, 5.41) is 10.5. The van der Waals surface area contributed by atoms with Crippen molar-refractivity contribution in [2.24, 2.45) is 0 Å². The molecule has 3 heteroatoms. The Morgan fingerprint density at radius 2 is 1.42 bits per heavy atom. The average molecular weight is 329 g/mol. The maximum Gasteiger partial charge on any atom is 0.226 e. The Bertz CT molecular complexity index is 486. The minimum atomic E-state index is -0.687. The van der Waals surface area contributed by atoms with Gasteiger partial charge < -0.3 is 10.0 Å². The third-order valence-electron chi connectivity index (χ3n) is 5.78. The third-order valence-corrected chi connectivity index (χ3v) is 5.78. The second-order valence-electron chi connectivity index (χ2n) is 7.52. The van der Waals surface area contributed by atoms with E-state index in [1.54, 1.807) is 0 Å². The predicted octanol–water partition coefficient (Wildman–Crippen LogP) is 4.60. The first-order valence-corrected chi connectivity index (χ1v) is 9.80. The number of benzene rings is 1. The van der Waals surface area contributed by atoms with Gasteiger partial charge in [0, 0.05) is 12.1 Å². The van der Waals surface area contributed by atoms with E-state index in [9.17, 15) is 9.90 Å². The number of amides is 1. The first-order valence-electron chi connectivity index (χ1n) is 9.80. The minimum absolute atomic E-state index is 0.158. The highest BCUT2D eigenvalue weighted by Crippen LogP contribution is 2.31. The number of aliphatic hydroxyl groups is 1. The fourth-order valence-corrected chi connectivity index (χ4v) is 4.49. The second kappa shape index (κ2) is 8.66.